The highest BCUT2D eigenvalue weighted by molar-refractivity contribution is 7.82. The van der Waals surface area contributed by atoms with Crippen molar-refractivity contribution in [1.29, 1.82) is 0 Å². The molecule has 0 fully saturated rings. The number of Topliss-reactive ketones (excluding diaryl/α,β-unsaturated/α-hetero) is 1. The second-order valence-corrected chi connectivity index (χ2v) is 5.09. The first-order valence-corrected chi connectivity index (χ1v) is 7.36. The first kappa shape index (κ1) is 16.6. The highest BCUT2D eigenvalue weighted by Gasteiger charge is 2.13. The van der Waals surface area contributed by atoms with Crippen molar-refractivity contribution < 1.29 is 9.53 Å². The summed E-state index contributed by atoms with van der Waals surface area (Å²) in [5.74, 6) is 0.520. The maximum Gasteiger partial charge on any atom is 0.182 e. The lowest BCUT2D eigenvalue weighted by molar-refractivity contribution is -0.110. The Morgan fingerprint density at radius 1 is 1.04 bits per heavy atom. The molecule has 0 saturated carbocycles. The number of hydrogen-bond donors (Lipinski definition) is 2. The quantitative estimate of drug-likeness (QED) is 0.483. The zero-order chi connectivity index (χ0) is 16.7. The van der Waals surface area contributed by atoms with Gasteiger partial charge in [0.15, 0.2) is 11.5 Å². The number of carbonyl (C=O) groups is 1. The van der Waals surface area contributed by atoms with E-state index < -0.39 is 0 Å². The summed E-state index contributed by atoms with van der Waals surface area (Å²) < 4.78 is 5.10. The summed E-state index contributed by atoms with van der Waals surface area (Å²) in [6, 6.07) is 16.6. The van der Waals surface area contributed by atoms with E-state index >= 15 is 0 Å². The Labute approximate surface area is 140 Å². The van der Waals surface area contributed by atoms with Gasteiger partial charge in [0.05, 0.1) is 12.8 Å². The number of methoxy groups -OCH3 is 1. The van der Waals surface area contributed by atoms with Crippen molar-refractivity contribution in [3.05, 3.63) is 54.6 Å². The molecule has 23 heavy (non-hydrogen) atoms. The standard InChI is InChI=1S/C17H17N3O2S/c1-12(21)16(20-19-14-6-4-3-5-7-14)17(23)18-13-8-10-15(22-2)11-9-13/h3-11,19H,1-2H3,(H,18,23)/b20-16-. The number of nitrogens with zero attached hydrogens (tertiary/aromatic N) is 1. The minimum absolute atomic E-state index is 0.166. The van der Waals surface area contributed by atoms with Gasteiger partial charge in [-0.2, -0.15) is 5.10 Å². The molecule has 5 nitrogen and oxygen atoms in total. The molecule has 0 aliphatic carbocycles. The van der Waals surface area contributed by atoms with Gasteiger partial charge in [0, 0.05) is 12.6 Å². The molecule has 2 N–H and O–H groups in total. The smallest absolute Gasteiger partial charge is 0.182 e. The van der Waals surface area contributed by atoms with E-state index in [1.165, 1.54) is 6.92 Å². The molecule has 0 aliphatic heterocycles. The number of nitrogens with one attached hydrogen (secondary N) is 2. The summed E-state index contributed by atoms with van der Waals surface area (Å²) in [6.45, 7) is 1.42. The van der Waals surface area contributed by atoms with Gasteiger partial charge in [0.25, 0.3) is 0 Å². The topological polar surface area (TPSA) is 62.7 Å². The van der Waals surface area contributed by atoms with Gasteiger partial charge in [-0.05, 0) is 36.4 Å². The van der Waals surface area contributed by atoms with Crippen molar-refractivity contribution in [3.8, 4) is 5.75 Å². The number of anilines is 2. The molecule has 2 rings (SSSR count). The predicted molar refractivity (Wildman–Crippen MR) is 97.4 cm³/mol. The van der Waals surface area contributed by atoms with E-state index in [9.17, 15) is 4.79 Å². The second kappa shape index (κ2) is 8.05. The van der Waals surface area contributed by atoms with Crippen LogP contribution in [0.4, 0.5) is 11.4 Å². The van der Waals surface area contributed by atoms with Crippen LogP contribution in [0.15, 0.2) is 59.7 Å². The Hall–Kier alpha value is -2.73. The third-order valence-electron chi connectivity index (χ3n) is 2.97. The molecule has 0 aromatic heterocycles. The molecular weight excluding hydrogens is 310 g/mol. The molecule has 2 aromatic rings. The maximum atomic E-state index is 11.8. The van der Waals surface area contributed by atoms with Gasteiger partial charge in [0.2, 0.25) is 0 Å². The van der Waals surface area contributed by atoms with Gasteiger partial charge in [-0.15, -0.1) is 0 Å². The lowest BCUT2D eigenvalue weighted by atomic mass is 10.2. The largest absolute Gasteiger partial charge is 0.497 e. The molecule has 0 heterocycles. The summed E-state index contributed by atoms with van der Waals surface area (Å²) in [5.41, 5.74) is 4.53. The van der Waals surface area contributed by atoms with Gasteiger partial charge >= 0.3 is 0 Å². The van der Waals surface area contributed by atoms with Crippen molar-refractivity contribution in [1.82, 2.24) is 0 Å². The molecule has 0 aliphatic rings. The molecular formula is C17H17N3O2S. The van der Waals surface area contributed by atoms with Crippen LogP contribution in [0.2, 0.25) is 0 Å². The number of hydrazone groups is 1. The number of benzene rings is 2. The molecule has 0 unspecified atom stereocenters. The van der Waals surface area contributed by atoms with Crippen molar-refractivity contribution in [2.24, 2.45) is 5.10 Å². The zero-order valence-corrected chi connectivity index (χ0v) is 13.7. The Bertz CT molecular complexity index is 712. The number of ketones is 1. The van der Waals surface area contributed by atoms with Crippen LogP contribution in [-0.2, 0) is 4.79 Å². The van der Waals surface area contributed by atoms with E-state index in [1.807, 2.05) is 42.5 Å². The van der Waals surface area contributed by atoms with Crippen LogP contribution in [0.5, 0.6) is 5.75 Å². The molecule has 6 heteroatoms. The van der Waals surface area contributed by atoms with Crippen molar-refractivity contribution >= 4 is 40.1 Å². The molecule has 2 aromatic carbocycles. The van der Waals surface area contributed by atoms with Gasteiger partial charge in [-0.3, -0.25) is 10.2 Å². The number of hydrogen-bond acceptors (Lipinski definition) is 5. The van der Waals surface area contributed by atoms with Crippen LogP contribution in [0.1, 0.15) is 6.92 Å². The summed E-state index contributed by atoms with van der Waals surface area (Å²) in [4.78, 5) is 12.0. The molecule has 0 bridgehead atoms. The van der Waals surface area contributed by atoms with Gasteiger partial charge in [-0.1, -0.05) is 30.4 Å². The molecule has 0 amide bonds. The average Bonchev–Trinajstić information content (AvgIpc) is 2.56. The van der Waals surface area contributed by atoms with Gasteiger partial charge < -0.3 is 10.1 Å². The van der Waals surface area contributed by atoms with Crippen molar-refractivity contribution in [2.45, 2.75) is 6.92 Å². The average molecular weight is 327 g/mol. The molecule has 0 spiro atoms. The van der Waals surface area contributed by atoms with Crippen LogP contribution in [0.25, 0.3) is 0 Å². The second-order valence-electron chi connectivity index (χ2n) is 4.68. The number of ether oxygens (including phenoxy) is 1. The first-order valence-electron chi connectivity index (χ1n) is 6.95. The first-order chi connectivity index (χ1) is 11.1. The number of rotatable bonds is 6. The Morgan fingerprint density at radius 2 is 1.70 bits per heavy atom. The van der Waals surface area contributed by atoms with E-state index in [2.05, 4.69) is 15.8 Å². The van der Waals surface area contributed by atoms with Crippen LogP contribution in [0.3, 0.4) is 0 Å². The summed E-state index contributed by atoms with van der Waals surface area (Å²) in [5, 5.41) is 7.11. The number of carbonyl (C=O) groups excluding carboxylic acids is 1. The molecule has 0 saturated heterocycles. The van der Waals surface area contributed by atoms with E-state index in [-0.39, 0.29) is 16.5 Å². The van der Waals surface area contributed by atoms with Crippen molar-refractivity contribution in [2.75, 3.05) is 17.9 Å². The zero-order valence-electron chi connectivity index (χ0n) is 12.9. The Kier molecular flexibility index (Phi) is 5.82. The van der Waals surface area contributed by atoms with E-state index in [0.717, 1.165) is 17.1 Å². The summed E-state index contributed by atoms with van der Waals surface area (Å²) in [6.07, 6.45) is 0. The monoisotopic (exact) mass is 327 g/mol. The third-order valence-corrected chi connectivity index (χ3v) is 3.26. The molecule has 118 valence electrons. The van der Waals surface area contributed by atoms with Gasteiger partial charge in [-0.25, -0.2) is 0 Å². The number of thiocarbonyl (C=S) groups is 1. The third kappa shape index (κ3) is 4.89. The van der Waals surface area contributed by atoms with E-state index in [0.29, 0.717) is 0 Å². The van der Waals surface area contributed by atoms with Crippen LogP contribution in [0, 0.1) is 0 Å². The highest BCUT2D eigenvalue weighted by atomic mass is 32.1. The fraction of sp³-hybridized carbons (Fsp3) is 0.118. The minimum atomic E-state index is -0.223. The Balaban J connectivity index is 2.10. The van der Waals surface area contributed by atoms with E-state index in [4.69, 9.17) is 17.0 Å². The number of para-hydroxylation sites is 1. The molecule has 0 radical (unpaired) electrons. The van der Waals surface area contributed by atoms with Crippen LogP contribution < -0.4 is 15.5 Å². The Morgan fingerprint density at radius 3 is 2.26 bits per heavy atom. The van der Waals surface area contributed by atoms with Crippen molar-refractivity contribution in [3.63, 3.8) is 0 Å². The molecule has 0 atom stereocenters. The minimum Gasteiger partial charge on any atom is -0.497 e. The van der Waals surface area contributed by atoms with Gasteiger partial charge in [0.1, 0.15) is 10.7 Å². The summed E-state index contributed by atoms with van der Waals surface area (Å²) in [7, 11) is 1.60. The fourth-order valence-electron chi connectivity index (χ4n) is 1.79. The SMILES string of the molecule is COc1ccc(NC(=S)/C(=N\Nc2ccccc2)C(C)=O)cc1. The summed E-state index contributed by atoms with van der Waals surface area (Å²) >= 11 is 5.28. The highest BCUT2D eigenvalue weighted by Crippen LogP contribution is 2.15. The van der Waals surface area contributed by atoms with Crippen LogP contribution in [-0.4, -0.2) is 23.6 Å². The lowest BCUT2D eigenvalue weighted by Crippen LogP contribution is -2.27. The maximum absolute atomic E-state index is 11.8. The van der Waals surface area contributed by atoms with E-state index in [1.54, 1.807) is 19.2 Å². The predicted octanol–water partition coefficient (Wildman–Crippen LogP) is 3.49. The fourth-order valence-corrected chi connectivity index (χ4v) is 2.09. The van der Waals surface area contributed by atoms with Crippen LogP contribution >= 0.6 is 12.2 Å². The lowest BCUT2D eigenvalue weighted by Gasteiger charge is -2.10. The normalized spacial score (nSPS) is 10.8.